The van der Waals surface area contributed by atoms with Gasteiger partial charge in [-0.2, -0.15) is 0 Å². The summed E-state index contributed by atoms with van der Waals surface area (Å²) in [6.07, 6.45) is 1.84. The third kappa shape index (κ3) is 5.07. The Kier molecular flexibility index (Phi) is 8.28. The van der Waals surface area contributed by atoms with Gasteiger partial charge in [0.05, 0.1) is 12.1 Å². The van der Waals surface area contributed by atoms with Crippen molar-refractivity contribution in [2.75, 3.05) is 0 Å². The fourth-order valence-corrected chi connectivity index (χ4v) is 2.09. The van der Waals surface area contributed by atoms with Gasteiger partial charge in [0.15, 0.2) is 0 Å². The van der Waals surface area contributed by atoms with E-state index in [4.69, 9.17) is 5.73 Å². The van der Waals surface area contributed by atoms with Gasteiger partial charge < -0.3 is 10.8 Å². The highest BCUT2D eigenvalue weighted by Gasteiger charge is 2.19. The Morgan fingerprint density at radius 2 is 2.12 bits per heavy atom. The lowest BCUT2D eigenvalue weighted by atomic mass is 9.98. The zero-order valence-electron chi connectivity index (χ0n) is 9.70. The first-order valence-electron chi connectivity index (χ1n) is 5.44. The molecule has 2 nitrogen and oxygen atoms in total. The molecule has 0 spiro atoms. The molecule has 98 valence electrons. The van der Waals surface area contributed by atoms with Gasteiger partial charge in [0.1, 0.15) is 5.82 Å². The first kappa shape index (κ1) is 17.1. The van der Waals surface area contributed by atoms with Crippen LogP contribution in [-0.2, 0) is 0 Å². The molecule has 17 heavy (non-hydrogen) atoms. The van der Waals surface area contributed by atoms with Crippen LogP contribution in [-0.4, -0.2) is 11.2 Å². The van der Waals surface area contributed by atoms with Crippen molar-refractivity contribution in [1.82, 2.24) is 0 Å². The Hall–Kier alpha value is 0.0900. The van der Waals surface area contributed by atoms with E-state index in [2.05, 4.69) is 22.6 Å². The van der Waals surface area contributed by atoms with Crippen LogP contribution in [0.1, 0.15) is 37.8 Å². The molecule has 1 rings (SSSR count). The largest absolute Gasteiger partial charge is 0.391 e. The molecule has 1 aromatic rings. The minimum atomic E-state index is -0.673. The smallest absolute Gasteiger partial charge is 0.128 e. The zero-order chi connectivity index (χ0) is 12.1. The molecule has 0 heterocycles. The Morgan fingerprint density at radius 1 is 1.47 bits per heavy atom. The van der Waals surface area contributed by atoms with Gasteiger partial charge in [-0.3, -0.25) is 0 Å². The number of aliphatic hydroxyl groups excluding tert-OH is 1. The van der Waals surface area contributed by atoms with Gasteiger partial charge in [-0.25, -0.2) is 4.39 Å². The number of hydrogen-bond acceptors (Lipinski definition) is 2. The van der Waals surface area contributed by atoms with Crippen LogP contribution in [0.25, 0.3) is 0 Å². The molecule has 0 fully saturated rings. The predicted octanol–water partition coefficient (Wildman–Crippen LogP) is 3.40. The Balaban J connectivity index is 0.00000256. The van der Waals surface area contributed by atoms with Crippen LogP contribution in [0.3, 0.4) is 0 Å². The minimum absolute atomic E-state index is 0. The normalized spacial score (nSPS) is 13.9. The lowest BCUT2D eigenvalue weighted by molar-refractivity contribution is 0.131. The first-order chi connectivity index (χ1) is 7.56. The van der Waals surface area contributed by atoms with Crippen LogP contribution in [0.5, 0.6) is 0 Å². The second kappa shape index (κ2) is 8.24. The van der Waals surface area contributed by atoms with E-state index in [1.54, 1.807) is 12.1 Å². The van der Waals surface area contributed by atoms with Crippen molar-refractivity contribution in [3.8, 4) is 0 Å². The number of halogens is 3. The fourth-order valence-electron chi connectivity index (χ4n) is 1.57. The quantitative estimate of drug-likeness (QED) is 0.777. The summed E-state index contributed by atoms with van der Waals surface area (Å²) in [6, 6.07) is 4.13. The summed E-state index contributed by atoms with van der Waals surface area (Å²) in [5.41, 5.74) is 6.25. The summed E-state index contributed by atoms with van der Waals surface area (Å²) >= 11 is 2.10. The van der Waals surface area contributed by atoms with E-state index in [9.17, 15) is 9.50 Å². The number of nitrogens with two attached hydrogens (primary N) is 1. The molecule has 0 saturated heterocycles. The van der Waals surface area contributed by atoms with E-state index in [0.717, 1.165) is 16.4 Å². The van der Waals surface area contributed by atoms with Crippen molar-refractivity contribution >= 4 is 35.0 Å². The van der Waals surface area contributed by atoms with E-state index < -0.39 is 12.1 Å². The molecule has 0 radical (unpaired) electrons. The highest BCUT2D eigenvalue weighted by molar-refractivity contribution is 14.1. The Labute approximate surface area is 121 Å². The molecule has 0 bridgehead atoms. The molecule has 0 saturated carbocycles. The summed E-state index contributed by atoms with van der Waals surface area (Å²) in [5, 5.41) is 9.82. The van der Waals surface area contributed by atoms with E-state index in [1.165, 1.54) is 6.07 Å². The zero-order valence-corrected chi connectivity index (χ0v) is 12.7. The van der Waals surface area contributed by atoms with Gasteiger partial charge in [-0.1, -0.05) is 19.8 Å². The number of aliphatic hydroxyl groups is 1. The minimum Gasteiger partial charge on any atom is -0.391 e. The first-order valence-corrected chi connectivity index (χ1v) is 6.52. The molecule has 5 heteroatoms. The molecule has 2 atom stereocenters. The van der Waals surface area contributed by atoms with Crippen molar-refractivity contribution in [3.63, 3.8) is 0 Å². The molecular formula is C12H18ClFINO. The molecule has 3 N–H and O–H groups in total. The second-order valence-electron chi connectivity index (χ2n) is 3.90. The van der Waals surface area contributed by atoms with Crippen LogP contribution in [0.15, 0.2) is 18.2 Å². The van der Waals surface area contributed by atoms with Crippen LogP contribution >= 0.6 is 35.0 Å². The van der Waals surface area contributed by atoms with E-state index in [-0.39, 0.29) is 18.2 Å². The van der Waals surface area contributed by atoms with Crippen molar-refractivity contribution in [2.24, 2.45) is 5.73 Å². The maximum Gasteiger partial charge on any atom is 0.128 e. The lowest BCUT2D eigenvalue weighted by Crippen LogP contribution is -2.27. The average molecular weight is 374 g/mol. The van der Waals surface area contributed by atoms with Gasteiger partial charge >= 0.3 is 0 Å². The molecule has 0 aliphatic rings. The molecule has 1 aromatic carbocycles. The fraction of sp³-hybridized carbons (Fsp3) is 0.500. The molecular weight excluding hydrogens is 355 g/mol. The van der Waals surface area contributed by atoms with E-state index >= 15 is 0 Å². The Bertz CT molecular complexity index is 351. The molecule has 0 unspecified atom stereocenters. The van der Waals surface area contributed by atoms with E-state index in [0.29, 0.717) is 12.0 Å². The lowest BCUT2D eigenvalue weighted by Gasteiger charge is -2.19. The summed E-state index contributed by atoms with van der Waals surface area (Å²) in [5.74, 6) is -0.344. The number of hydrogen-bond donors (Lipinski definition) is 2. The average Bonchev–Trinajstić information content (AvgIpc) is 2.28. The van der Waals surface area contributed by atoms with Gasteiger partial charge in [0.2, 0.25) is 0 Å². The third-order valence-electron chi connectivity index (χ3n) is 2.59. The van der Waals surface area contributed by atoms with Gasteiger partial charge in [0, 0.05) is 9.13 Å². The molecule has 0 amide bonds. The van der Waals surface area contributed by atoms with Crippen LogP contribution in [0.2, 0.25) is 0 Å². The summed E-state index contributed by atoms with van der Waals surface area (Å²) in [4.78, 5) is 0. The summed E-state index contributed by atoms with van der Waals surface area (Å²) in [7, 11) is 0. The number of benzene rings is 1. The maximum absolute atomic E-state index is 13.5. The number of unbranched alkanes of at least 4 members (excludes halogenated alkanes) is 1. The van der Waals surface area contributed by atoms with Crippen LogP contribution in [0, 0.1) is 9.39 Å². The summed E-state index contributed by atoms with van der Waals surface area (Å²) < 4.78 is 14.4. The molecule has 0 aliphatic heterocycles. The SMILES string of the molecule is CCCC[C@@H](O)[C@@H](N)c1cc(I)ccc1F.Cl. The second-order valence-corrected chi connectivity index (χ2v) is 5.15. The van der Waals surface area contributed by atoms with Crippen molar-refractivity contribution in [1.29, 1.82) is 0 Å². The maximum atomic E-state index is 13.5. The van der Waals surface area contributed by atoms with Crippen molar-refractivity contribution in [3.05, 3.63) is 33.1 Å². The molecule has 0 aromatic heterocycles. The summed E-state index contributed by atoms with van der Waals surface area (Å²) in [6.45, 7) is 2.05. The van der Waals surface area contributed by atoms with Crippen molar-refractivity contribution < 1.29 is 9.50 Å². The van der Waals surface area contributed by atoms with Gasteiger partial charge in [-0.15, -0.1) is 12.4 Å². The van der Waals surface area contributed by atoms with Gasteiger partial charge in [-0.05, 0) is 47.2 Å². The highest BCUT2D eigenvalue weighted by atomic mass is 127. The molecule has 0 aliphatic carbocycles. The van der Waals surface area contributed by atoms with E-state index in [1.807, 2.05) is 6.92 Å². The monoisotopic (exact) mass is 373 g/mol. The van der Waals surface area contributed by atoms with Crippen LogP contribution in [0.4, 0.5) is 4.39 Å². The van der Waals surface area contributed by atoms with Crippen LogP contribution < -0.4 is 5.73 Å². The van der Waals surface area contributed by atoms with Gasteiger partial charge in [0.25, 0.3) is 0 Å². The Morgan fingerprint density at radius 3 is 2.71 bits per heavy atom. The standard InChI is InChI=1S/C12H17FINO.ClH/c1-2-3-4-11(16)12(15)9-7-8(14)5-6-10(9)13;/h5-7,11-12,16H,2-4,15H2,1H3;1H/t11-,12+;/m1./s1. The number of rotatable bonds is 5. The third-order valence-corrected chi connectivity index (χ3v) is 3.26. The highest BCUT2D eigenvalue weighted by Crippen LogP contribution is 2.22. The predicted molar refractivity (Wildman–Crippen MR) is 78.8 cm³/mol. The van der Waals surface area contributed by atoms with Crippen molar-refractivity contribution in [2.45, 2.75) is 38.3 Å². The topological polar surface area (TPSA) is 46.2 Å².